The summed E-state index contributed by atoms with van der Waals surface area (Å²) in [5.74, 6) is -1.30. The SMILES string of the molecule is C[C@H](O)C(=O)Nc1cccc(CN2C(=O)[C@@]3(O[C@@H](CCn4cc(C(CO)c5ccccc5)nn4)[C@H]([Si](C)(C)O)[C@H]3C)c3ccccc32)c1. The number of hydrogen-bond donors (Lipinski definition) is 4. The monoisotopic (exact) mass is 669 g/mol. The van der Waals surface area contributed by atoms with Crippen LogP contribution in [0.25, 0.3) is 0 Å². The molecule has 6 rings (SSSR count). The zero-order chi connectivity index (χ0) is 34.2. The van der Waals surface area contributed by atoms with E-state index in [0.717, 1.165) is 22.4 Å². The number of para-hydroxylation sites is 1. The number of ether oxygens (including phenoxy) is 1. The summed E-state index contributed by atoms with van der Waals surface area (Å²) in [6.45, 7) is 7.83. The Balaban J connectivity index is 1.26. The molecule has 2 aliphatic rings. The van der Waals surface area contributed by atoms with Crippen LogP contribution in [0.15, 0.2) is 85.1 Å². The molecule has 1 unspecified atom stereocenters. The molecule has 0 radical (unpaired) electrons. The summed E-state index contributed by atoms with van der Waals surface area (Å²) in [4.78, 5) is 40.1. The Hall–Kier alpha value is -4.20. The number of nitrogens with one attached hydrogen (secondary N) is 1. The first kappa shape index (κ1) is 33.7. The number of amides is 2. The van der Waals surface area contributed by atoms with Gasteiger partial charge >= 0.3 is 0 Å². The van der Waals surface area contributed by atoms with E-state index in [1.165, 1.54) is 6.92 Å². The second-order valence-corrected chi connectivity index (χ2v) is 17.4. The van der Waals surface area contributed by atoms with E-state index < -0.39 is 32.0 Å². The van der Waals surface area contributed by atoms with Crippen molar-refractivity contribution >= 4 is 31.5 Å². The van der Waals surface area contributed by atoms with Crippen LogP contribution in [0.4, 0.5) is 11.4 Å². The van der Waals surface area contributed by atoms with E-state index in [-0.39, 0.29) is 36.4 Å². The van der Waals surface area contributed by atoms with E-state index in [9.17, 15) is 24.6 Å². The maximum atomic E-state index is 14.7. The lowest BCUT2D eigenvalue weighted by molar-refractivity contribution is -0.146. The molecule has 0 saturated carbocycles. The van der Waals surface area contributed by atoms with Gasteiger partial charge in [-0.3, -0.25) is 14.3 Å². The molecule has 3 aromatic carbocycles. The van der Waals surface area contributed by atoms with Gasteiger partial charge < -0.3 is 30.0 Å². The molecule has 0 aliphatic carbocycles. The van der Waals surface area contributed by atoms with Gasteiger partial charge in [0.05, 0.1) is 36.6 Å². The van der Waals surface area contributed by atoms with Gasteiger partial charge in [-0.25, -0.2) is 0 Å². The third-order valence-electron chi connectivity index (χ3n) is 9.75. The third-order valence-corrected chi connectivity index (χ3v) is 12.2. The predicted octanol–water partition coefficient (Wildman–Crippen LogP) is 4.16. The average Bonchev–Trinajstić information content (AvgIpc) is 3.71. The molecular formula is C36H43N5O6Si. The van der Waals surface area contributed by atoms with Crippen molar-refractivity contribution in [3.8, 4) is 0 Å². The molecule has 252 valence electrons. The number of carbonyl (C=O) groups is 2. The number of aryl methyl sites for hydroxylation is 1. The molecule has 11 nitrogen and oxygen atoms in total. The fraction of sp³-hybridized carbons (Fsp3) is 0.389. The number of rotatable bonds is 11. The Kier molecular flexibility index (Phi) is 9.38. The highest BCUT2D eigenvalue weighted by molar-refractivity contribution is 6.71. The van der Waals surface area contributed by atoms with Gasteiger partial charge in [0.2, 0.25) is 0 Å². The van der Waals surface area contributed by atoms with E-state index in [2.05, 4.69) is 15.6 Å². The molecular weight excluding hydrogens is 627 g/mol. The van der Waals surface area contributed by atoms with Crippen molar-refractivity contribution in [2.24, 2.45) is 5.92 Å². The quantitative estimate of drug-likeness (QED) is 0.174. The van der Waals surface area contributed by atoms with Crippen molar-refractivity contribution in [1.29, 1.82) is 0 Å². The van der Waals surface area contributed by atoms with Gasteiger partial charge in [0.25, 0.3) is 11.8 Å². The normalized spacial score (nSPS) is 23.4. The van der Waals surface area contributed by atoms with Crippen LogP contribution in [0, 0.1) is 5.92 Å². The van der Waals surface area contributed by atoms with E-state index in [0.29, 0.717) is 24.3 Å². The van der Waals surface area contributed by atoms with Crippen LogP contribution < -0.4 is 10.2 Å². The van der Waals surface area contributed by atoms with Gasteiger partial charge in [0.15, 0.2) is 13.9 Å². The Bertz CT molecular complexity index is 1780. The fourth-order valence-corrected chi connectivity index (χ4v) is 10.1. The second-order valence-electron chi connectivity index (χ2n) is 13.5. The lowest BCUT2D eigenvalue weighted by Gasteiger charge is -2.32. The third kappa shape index (κ3) is 6.22. The molecule has 1 fully saturated rings. The second kappa shape index (κ2) is 13.4. The zero-order valence-corrected chi connectivity index (χ0v) is 28.7. The summed E-state index contributed by atoms with van der Waals surface area (Å²) in [6.07, 6.45) is 0.776. The molecule has 6 atom stereocenters. The summed E-state index contributed by atoms with van der Waals surface area (Å²) < 4.78 is 8.67. The number of fused-ring (bicyclic) bond motifs is 2. The summed E-state index contributed by atoms with van der Waals surface area (Å²) in [5, 5.41) is 31.2. The molecule has 2 aliphatic heterocycles. The number of nitrogens with zero attached hydrogens (tertiary/aromatic N) is 4. The Morgan fingerprint density at radius 2 is 1.81 bits per heavy atom. The van der Waals surface area contributed by atoms with Crippen LogP contribution in [-0.4, -0.2) is 68.9 Å². The molecule has 1 aromatic heterocycles. The van der Waals surface area contributed by atoms with Gasteiger partial charge in [-0.05, 0) is 55.8 Å². The molecule has 48 heavy (non-hydrogen) atoms. The minimum atomic E-state index is -2.86. The first-order chi connectivity index (χ1) is 22.9. The van der Waals surface area contributed by atoms with Crippen molar-refractivity contribution in [2.75, 3.05) is 16.8 Å². The number of anilines is 2. The largest absolute Gasteiger partial charge is 0.432 e. The first-order valence-corrected chi connectivity index (χ1v) is 19.4. The van der Waals surface area contributed by atoms with Gasteiger partial charge in [-0.15, -0.1) is 5.10 Å². The van der Waals surface area contributed by atoms with Crippen molar-refractivity contribution < 1.29 is 29.3 Å². The maximum Gasteiger partial charge on any atom is 0.264 e. The topological polar surface area (TPSA) is 150 Å². The molecule has 2 amide bonds. The summed E-state index contributed by atoms with van der Waals surface area (Å²) >= 11 is 0. The smallest absolute Gasteiger partial charge is 0.264 e. The van der Waals surface area contributed by atoms with Crippen LogP contribution in [0.5, 0.6) is 0 Å². The van der Waals surface area contributed by atoms with Crippen LogP contribution >= 0.6 is 0 Å². The Morgan fingerprint density at radius 1 is 1.08 bits per heavy atom. The maximum absolute atomic E-state index is 14.7. The van der Waals surface area contributed by atoms with Crippen molar-refractivity contribution in [3.63, 3.8) is 0 Å². The average molecular weight is 670 g/mol. The van der Waals surface area contributed by atoms with E-state index in [1.807, 2.05) is 86.9 Å². The lowest BCUT2D eigenvalue weighted by Crippen LogP contribution is -2.46. The van der Waals surface area contributed by atoms with Crippen LogP contribution in [0.2, 0.25) is 18.6 Å². The molecule has 1 spiro atoms. The summed E-state index contributed by atoms with van der Waals surface area (Å²) in [7, 11) is -2.86. The lowest BCUT2D eigenvalue weighted by atomic mass is 9.82. The van der Waals surface area contributed by atoms with Crippen LogP contribution in [-0.2, 0) is 33.0 Å². The Labute approximate surface area is 281 Å². The molecule has 12 heteroatoms. The fourth-order valence-electron chi connectivity index (χ4n) is 7.53. The van der Waals surface area contributed by atoms with Crippen LogP contribution in [0.1, 0.15) is 48.6 Å². The van der Waals surface area contributed by atoms with Crippen molar-refractivity contribution in [1.82, 2.24) is 15.0 Å². The molecule has 4 aromatic rings. The number of carbonyl (C=O) groups excluding carboxylic acids is 2. The standard InChI is InChI=1S/C36H43N5O6Si/c1-23-33(48(3,4)46)32(17-18-40-21-30(38-39-40)28(22-42)26-12-6-5-7-13-26)47-36(23)29-15-8-9-16-31(29)41(35(36)45)20-25-11-10-14-27(19-25)37-34(44)24(2)43/h5-16,19,21,23-24,28,32-33,42-43,46H,17-18,20,22H2,1-4H3,(H,37,44)/t23-,24+,28?,32+,33-,36+/m1/s1. The van der Waals surface area contributed by atoms with Crippen molar-refractivity contribution in [3.05, 3.63) is 107 Å². The minimum absolute atomic E-state index is 0.0976. The van der Waals surface area contributed by atoms with Gasteiger partial charge in [0.1, 0.15) is 6.10 Å². The van der Waals surface area contributed by atoms with Crippen LogP contribution in [0.3, 0.4) is 0 Å². The zero-order valence-electron chi connectivity index (χ0n) is 27.7. The van der Waals surface area contributed by atoms with E-state index in [4.69, 9.17) is 4.74 Å². The summed E-state index contributed by atoms with van der Waals surface area (Å²) in [6, 6.07) is 24.6. The molecule has 4 N–H and O–H groups in total. The van der Waals surface area contributed by atoms with E-state index >= 15 is 0 Å². The van der Waals surface area contributed by atoms with E-state index in [1.54, 1.807) is 27.8 Å². The number of hydrogen-bond acceptors (Lipinski definition) is 8. The number of aromatic nitrogens is 3. The highest BCUT2D eigenvalue weighted by atomic mass is 28.4. The first-order valence-electron chi connectivity index (χ1n) is 16.4. The number of benzene rings is 3. The van der Waals surface area contributed by atoms with Gasteiger partial charge in [-0.1, -0.05) is 72.8 Å². The number of aliphatic hydroxyl groups excluding tert-OH is 2. The Morgan fingerprint density at radius 3 is 2.52 bits per heavy atom. The minimum Gasteiger partial charge on any atom is -0.432 e. The molecule has 0 bridgehead atoms. The highest BCUT2D eigenvalue weighted by Crippen LogP contribution is 2.59. The molecule has 1 saturated heterocycles. The van der Waals surface area contributed by atoms with Gasteiger partial charge in [0, 0.05) is 35.5 Å². The number of aliphatic hydroxyl groups is 2. The predicted molar refractivity (Wildman–Crippen MR) is 184 cm³/mol. The van der Waals surface area contributed by atoms with Gasteiger partial charge in [-0.2, -0.15) is 0 Å². The summed E-state index contributed by atoms with van der Waals surface area (Å²) in [5.41, 5.74) is 2.95. The molecule has 3 heterocycles. The van der Waals surface area contributed by atoms with Crippen molar-refractivity contribution in [2.45, 2.75) is 75.7 Å². The highest BCUT2D eigenvalue weighted by Gasteiger charge is 2.66.